The summed E-state index contributed by atoms with van der Waals surface area (Å²) in [6.45, 7) is 1.88. The van der Waals surface area contributed by atoms with Gasteiger partial charge in [-0.15, -0.1) is 11.8 Å². The molecule has 0 atom stereocenters. The summed E-state index contributed by atoms with van der Waals surface area (Å²) in [6, 6.07) is 5.66. The number of thioether (sulfide) groups is 1. The summed E-state index contributed by atoms with van der Waals surface area (Å²) in [7, 11) is 0. The van der Waals surface area contributed by atoms with Crippen molar-refractivity contribution in [2.45, 2.75) is 18.4 Å². The Morgan fingerprint density at radius 1 is 1.35 bits per heavy atom. The molecule has 17 heavy (non-hydrogen) atoms. The van der Waals surface area contributed by atoms with E-state index >= 15 is 0 Å². The maximum atomic E-state index is 11.4. The molecule has 2 aromatic rings. The highest BCUT2D eigenvalue weighted by Gasteiger charge is 2.06. The summed E-state index contributed by atoms with van der Waals surface area (Å²) in [4.78, 5) is 11.4. The lowest BCUT2D eigenvalue weighted by Gasteiger charge is -2.02. The van der Waals surface area contributed by atoms with Crippen LogP contribution in [0, 0.1) is 6.92 Å². The van der Waals surface area contributed by atoms with Crippen LogP contribution >= 0.6 is 27.7 Å². The van der Waals surface area contributed by atoms with E-state index in [9.17, 15) is 4.79 Å². The van der Waals surface area contributed by atoms with Crippen molar-refractivity contribution in [3.05, 3.63) is 56.4 Å². The van der Waals surface area contributed by atoms with E-state index in [0.29, 0.717) is 16.0 Å². The molecule has 0 N–H and O–H groups in total. The maximum Gasteiger partial charge on any atom is 0.350 e. The molecular weight excluding hydrogens is 304 g/mol. The van der Waals surface area contributed by atoms with Gasteiger partial charge in [-0.25, -0.2) is 4.79 Å². The Hall–Kier alpha value is -0.940. The highest BCUT2D eigenvalue weighted by molar-refractivity contribution is 9.10. The van der Waals surface area contributed by atoms with E-state index in [-0.39, 0.29) is 5.63 Å². The van der Waals surface area contributed by atoms with Gasteiger partial charge in [0.2, 0.25) is 0 Å². The minimum Gasteiger partial charge on any atom is -0.468 e. The predicted molar refractivity (Wildman–Crippen MR) is 71.1 cm³/mol. The number of halogens is 1. The highest BCUT2D eigenvalue weighted by atomic mass is 79.9. The Kier molecular flexibility index (Phi) is 4.12. The van der Waals surface area contributed by atoms with Gasteiger partial charge in [-0.05, 0) is 46.6 Å². The Bertz CT molecular complexity index is 545. The Labute approximate surface area is 111 Å². The van der Waals surface area contributed by atoms with Crippen molar-refractivity contribution in [3.8, 4) is 0 Å². The molecule has 0 aliphatic rings. The van der Waals surface area contributed by atoms with Gasteiger partial charge in [0.1, 0.15) is 16.0 Å². The molecule has 0 bridgehead atoms. The summed E-state index contributed by atoms with van der Waals surface area (Å²) >= 11 is 4.83. The molecule has 2 aromatic heterocycles. The molecule has 0 spiro atoms. The minimum atomic E-state index is -0.321. The van der Waals surface area contributed by atoms with E-state index in [2.05, 4.69) is 15.9 Å². The van der Waals surface area contributed by atoms with Crippen LogP contribution in [0.15, 0.2) is 42.6 Å². The third kappa shape index (κ3) is 3.26. The number of hydrogen-bond acceptors (Lipinski definition) is 4. The minimum absolute atomic E-state index is 0.321. The largest absolute Gasteiger partial charge is 0.468 e. The van der Waals surface area contributed by atoms with Crippen LogP contribution in [0.2, 0.25) is 0 Å². The van der Waals surface area contributed by atoms with E-state index < -0.39 is 0 Å². The summed E-state index contributed by atoms with van der Waals surface area (Å²) in [5, 5.41) is 0. The third-order valence-corrected chi connectivity index (χ3v) is 4.12. The van der Waals surface area contributed by atoms with Crippen LogP contribution in [0.4, 0.5) is 0 Å². The smallest absolute Gasteiger partial charge is 0.350 e. The second-order valence-corrected chi connectivity index (χ2v) is 5.35. The molecule has 0 saturated heterocycles. The third-order valence-electron chi connectivity index (χ3n) is 2.20. The highest BCUT2D eigenvalue weighted by Crippen LogP contribution is 2.20. The monoisotopic (exact) mass is 314 g/mol. The average Bonchev–Trinajstić information content (AvgIpc) is 2.79. The van der Waals surface area contributed by atoms with Crippen LogP contribution in [-0.4, -0.2) is 0 Å². The number of furan rings is 1. The lowest BCUT2D eigenvalue weighted by Crippen LogP contribution is -2.03. The van der Waals surface area contributed by atoms with Crippen LogP contribution in [-0.2, 0) is 11.5 Å². The van der Waals surface area contributed by atoms with Gasteiger partial charge in [0.15, 0.2) is 0 Å². The van der Waals surface area contributed by atoms with E-state index in [0.717, 1.165) is 17.1 Å². The van der Waals surface area contributed by atoms with Crippen molar-refractivity contribution in [1.82, 2.24) is 0 Å². The first-order chi connectivity index (χ1) is 8.16. The molecule has 0 radical (unpaired) electrons. The zero-order chi connectivity index (χ0) is 12.3. The summed E-state index contributed by atoms with van der Waals surface area (Å²) < 4.78 is 10.9. The Morgan fingerprint density at radius 2 is 2.12 bits per heavy atom. The molecule has 0 aromatic carbocycles. The molecule has 2 heterocycles. The van der Waals surface area contributed by atoms with Gasteiger partial charge in [-0.2, -0.15) is 0 Å². The Balaban J connectivity index is 1.98. The topological polar surface area (TPSA) is 43.4 Å². The molecule has 0 amide bonds. The van der Waals surface area contributed by atoms with Crippen molar-refractivity contribution in [1.29, 1.82) is 0 Å². The molecule has 90 valence electrons. The summed E-state index contributed by atoms with van der Waals surface area (Å²) in [6.07, 6.45) is 1.65. The second-order valence-electron chi connectivity index (χ2n) is 3.57. The standard InChI is InChI=1S/C12H11BrO3S/c1-8-5-10(16-12(14)11(8)13)7-17-6-9-3-2-4-15-9/h2-5H,6-7H2,1H3. The van der Waals surface area contributed by atoms with Crippen LogP contribution < -0.4 is 5.63 Å². The van der Waals surface area contributed by atoms with Crippen molar-refractivity contribution < 1.29 is 8.83 Å². The zero-order valence-electron chi connectivity index (χ0n) is 9.23. The van der Waals surface area contributed by atoms with Gasteiger partial charge in [-0.1, -0.05) is 0 Å². The fourth-order valence-electron chi connectivity index (χ4n) is 1.38. The lowest BCUT2D eigenvalue weighted by atomic mass is 10.3. The first-order valence-corrected chi connectivity index (χ1v) is 7.01. The van der Waals surface area contributed by atoms with Gasteiger partial charge in [0, 0.05) is 0 Å². The summed E-state index contributed by atoms with van der Waals surface area (Å²) in [5.41, 5.74) is 0.577. The number of hydrogen-bond donors (Lipinski definition) is 0. The normalized spacial score (nSPS) is 10.7. The van der Waals surface area contributed by atoms with Crippen LogP contribution in [0.1, 0.15) is 17.1 Å². The number of rotatable bonds is 4. The van der Waals surface area contributed by atoms with Crippen LogP contribution in [0.25, 0.3) is 0 Å². The molecule has 2 rings (SSSR count). The first kappa shape index (κ1) is 12.5. The summed E-state index contributed by atoms with van der Waals surface area (Å²) in [5.74, 6) is 3.04. The van der Waals surface area contributed by atoms with Crippen LogP contribution in [0.3, 0.4) is 0 Å². The maximum absolute atomic E-state index is 11.4. The van der Waals surface area contributed by atoms with Crippen molar-refractivity contribution >= 4 is 27.7 Å². The lowest BCUT2D eigenvalue weighted by molar-refractivity contribution is 0.471. The zero-order valence-corrected chi connectivity index (χ0v) is 11.6. The first-order valence-electron chi connectivity index (χ1n) is 5.06. The molecular formula is C12H11BrO3S. The molecule has 0 unspecified atom stereocenters. The van der Waals surface area contributed by atoms with E-state index in [1.165, 1.54) is 0 Å². The van der Waals surface area contributed by atoms with Gasteiger partial charge in [0.25, 0.3) is 0 Å². The quantitative estimate of drug-likeness (QED) is 0.862. The van der Waals surface area contributed by atoms with Gasteiger partial charge < -0.3 is 8.83 Å². The molecule has 5 heteroatoms. The van der Waals surface area contributed by atoms with E-state index in [1.807, 2.05) is 25.1 Å². The molecule has 0 fully saturated rings. The SMILES string of the molecule is Cc1cc(CSCc2ccco2)oc(=O)c1Br. The fourth-order valence-corrected chi connectivity index (χ4v) is 2.38. The van der Waals surface area contributed by atoms with Crippen molar-refractivity contribution in [3.63, 3.8) is 0 Å². The number of aryl methyl sites for hydroxylation is 1. The molecule has 0 aliphatic carbocycles. The molecule has 0 aliphatic heterocycles. The Morgan fingerprint density at radius 3 is 2.76 bits per heavy atom. The van der Waals surface area contributed by atoms with Gasteiger partial charge >= 0.3 is 5.63 Å². The van der Waals surface area contributed by atoms with Crippen molar-refractivity contribution in [2.75, 3.05) is 0 Å². The molecule has 0 saturated carbocycles. The predicted octanol–water partition coefficient (Wildman–Crippen LogP) is 3.74. The van der Waals surface area contributed by atoms with Crippen molar-refractivity contribution in [2.24, 2.45) is 0 Å². The van der Waals surface area contributed by atoms with Gasteiger partial charge in [0.05, 0.1) is 17.8 Å². The van der Waals surface area contributed by atoms with Crippen LogP contribution in [0.5, 0.6) is 0 Å². The van der Waals surface area contributed by atoms with Gasteiger partial charge in [-0.3, -0.25) is 0 Å². The fraction of sp³-hybridized carbons (Fsp3) is 0.250. The van der Waals surface area contributed by atoms with E-state index in [1.54, 1.807) is 18.0 Å². The average molecular weight is 315 g/mol. The second kappa shape index (κ2) is 5.60. The molecule has 3 nitrogen and oxygen atoms in total. The van der Waals surface area contributed by atoms with E-state index in [4.69, 9.17) is 8.83 Å².